The Morgan fingerprint density at radius 3 is 2.78 bits per heavy atom. The Morgan fingerprint density at radius 2 is 2.06 bits per heavy atom. The van der Waals surface area contributed by atoms with Crippen LogP contribution in [-0.4, -0.2) is 10.7 Å². The summed E-state index contributed by atoms with van der Waals surface area (Å²) in [5.41, 5.74) is 1.18. The molecule has 1 saturated carbocycles. The molecule has 2 aliphatic rings. The van der Waals surface area contributed by atoms with E-state index in [4.69, 9.17) is 10.00 Å². The molecule has 1 N–H and O–H groups in total. The monoisotopic (exact) mass is 243 g/mol. The van der Waals surface area contributed by atoms with Crippen LogP contribution in [0.2, 0.25) is 0 Å². The smallest absolute Gasteiger partial charge is 0.126 e. The van der Waals surface area contributed by atoms with Crippen LogP contribution in [0.25, 0.3) is 0 Å². The lowest BCUT2D eigenvalue weighted by Gasteiger charge is -2.43. The summed E-state index contributed by atoms with van der Waals surface area (Å²) in [6.07, 6.45) is 5.85. The third kappa shape index (κ3) is 1.87. The quantitative estimate of drug-likeness (QED) is 0.761. The fourth-order valence-corrected chi connectivity index (χ4v) is 3.21. The first-order valence-electron chi connectivity index (χ1n) is 6.64. The molecule has 0 amide bonds. The molecule has 18 heavy (non-hydrogen) atoms. The van der Waals surface area contributed by atoms with E-state index in [1.807, 2.05) is 6.07 Å². The van der Waals surface area contributed by atoms with Crippen molar-refractivity contribution in [2.45, 2.75) is 50.2 Å². The van der Waals surface area contributed by atoms with Crippen LogP contribution in [0.3, 0.4) is 0 Å². The van der Waals surface area contributed by atoms with Crippen LogP contribution in [0.5, 0.6) is 5.75 Å². The standard InChI is InChI=1S/C15H17NO2/c16-10-11-4-5-14-12(8-11)13(17)9-15(18-14)6-2-1-3-7-15/h4-5,8,13,17H,1-3,6-7,9H2/t13-/m0/s1. The van der Waals surface area contributed by atoms with Crippen LogP contribution in [0, 0.1) is 11.3 Å². The van der Waals surface area contributed by atoms with Gasteiger partial charge in [0.15, 0.2) is 0 Å². The number of rotatable bonds is 0. The fraction of sp³-hybridized carbons (Fsp3) is 0.533. The molecule has 3 rings (SSSR count). The van der Waals surface area contributed by atoms with E-state index in [1.165, 1.54) is 19.3 Å². The normalized spacial score (nSPS) is 25.0. The summed E-state index contributed by atoms with van der Waals surface area (Å²) in [5, 5.41) is 19.2. The summed E-state index contributed by atoms with van der Waals surface area (Å²) in [4.78, 5) is 0. The summed E-state index contributed by atoms with van der Waals surface area (Å²) >= 11 is 0. The molecular weight excluding hydrogens is 226 g/mol. The van der Waals surface area contributed by atoms with Gasteiger partial charge in [0.25, 0.3) is 0 Å². The van der Waals surface area contributed by atoms with Gasteiger partial charge in [-0.1, -0.05) is 6.42 Å². The zero-order valence-electron chi connectivity index (χ0n) is 10.4. The van der Waals surface area contributed by atoms with Crippen molar-refractivity contribution in [1.82, 2.24) is 0 Å². The van der Waals surface area contributed by atoms with Gasteiger partial charge in [0.05, 0.1) is 17.7 Å². The highest BCUT2D eigenvalue weighted by Crippen LogP contribution is 2.46. The van der Waals surface area contributed by atoms with E-state index in [-0.39, 0.29) is 5.60 Å². The van der Waals surface area contributed by atoms with Gasteiger partial charge < -0.3 is 9.84 Å². The molecule has 1 heterocycles. The summed E-state index contributed by atoms with van der Waals surface area (Å²) in [5.74, 6) is 0.759. The van der Waals surface area contributed by atoms with Crippen molar-refractivity contribution in [2.24, 2.45) is 0 Å². The van der Waals surface area contributed by atoms with Crippen molar-refractivity contribution in [2.75, 3.05) is 0 Å². The van der Waals surface area contributed by atoms with Crippen molar-refractivity contribution in [3.63, 3.8) is 0 Å². The van der Waals surface area contributed by atoms with Crippen LogP contribution in [-0.2, 0) is 0 Å². The molecule has 0 radical (unpaired) electrons. The molecule has 0 aromatic heterocycles. The Hall–Kier alpha value is -1.53. The van der Waals surface area contributed by atoms with Crippen molar-refractivity contribution >= 4 is 0 Å². The molecule has 0 unspecified atom stereocenters. The molecule has 1 aliphatic carbocycles. The highest BCUT2D eigenvalue weighted by Gasteiger charge is 2.41. The molecule has 0 saturated heterocycles. The van der Waals surface area contributed by atoms with E-state index in [1.54, 1.807) is 12.1 Å². The number of nitriles is 1. The summed E-state index contributed by atoms with van der Waals surface area (Å²) < 4.78 is 6.16. The largest absolute Gasteiger partial charge is 0.487 e. The lowest BCUT2D eigenvalue weighted by molar-refractivity contribution is -0.0381. The SMILES string of the molecule is N#Cc1ccc2c(c1)[C@@H](O)CC1(CCCCC1)O2. The number of fused-ring (bicyclic) bond motifs is 1. The van der Waals surface area contributed by atoms with Crippen LogP contribution < -0.4 is 4.74 Å². The van der Waals surface area contributed by atoms with Gasteiger partial charge in [-0.2, -0.15) is 5.26 Å². The molecule has 94 valence electrons. The Balaban J connectivity index is 1.95. The van der Waals surface area contributed by atoms with Gasteiger partial charge in [0.1, 0.15) is 11.4 Å². The van der Waals surface area contributed by atoms with E-state index >= 15 is 0 Å². The highest BCUT2D eigenvalue weighted by molar-refractivity contribution is 5.45. The van der Waals surface area contributed by atoms with Crippen LogP contribution >= 0.6 is 0 Å². The van der Waals surface area contributed by atoms with Gasteiger partial charge >= 0.3 is 0 Å². The third-order valence-electron chi connectivity index (χ3n) is 4.15. The zero-order chi connectivity index (χ0) is 12.6. The maximum absolute atomic E-state index is 10.3. The topological polar surface area (TPSA) is 53.2 Å². The van der Waals surface area contributed by atoms with Gasteiger partial charge in [-0.15, -0.1) is 0 Å². The van der Waals surface area contributed by atoms with Crippen molar-refractivity contribution in [3.05, 3.63) is 29.3 Å². The maximum atomic E-state index is 10.3. The minimum absolute atomic E-state index is 0.168. The molecule has 1 aliphatic heterocycles. The number of nitrogens with zero attached hydrogens (tertiary/aromatic N) is 1. The van der Waals surface area contributed by atoms with E-state index in [0.29, 0.717) is 12.0 Å². The van der Waals surface area contributed by atoms with Gasteiger partial charge in [0, 0.05) is 12.0 Å². The highest BCUT2D eigenvalue weighted by atomic mass is 16.5. The van der Waals surface area contributed by atoms with E-state index in [0.717, 1.165) is 24.2 Å². The summed E-state index contributed by atoms with van der Waals surface area (Å²) in [6, 6.07) is 7.43. The molecule has 1 aromatic carbocycles. The molecule has 0 bridgehead atoms. The lowest BCUT2D eigenvalue weighted by Crippen LogP contribution is -2.42. The van der Waals surface area contributed by atoms with Crippen molar-refractivity contribution < 1.29 is 9.84 Å². The molecular formula is C15H17NO2. The fourth-order valence-electron chi connectivity index (χ4n) is 3.21. The molecule has 3 nitrogen and oxygen atoms in total. The van der Waals surface area contributed by atoms with Gasteiger partial charge in [-0.05, 0) is 43.9 Å². The number of aliphatic hydroxyl groups is 1. The Labute approximate surface area is 107 Å². The number of aliphatic hydroxyl groups excluding tert-OH is 1. The molecule has 1 spiro atoms. The van der Waals surface area contributed by atoms with E-state index in [9.17, 15) is 5.11 Å². The van der Waals surface area contributed by atoms with Crippen LogP contribution in [0.4, 0.5) is 0 Å². The number of ether oxygens (including phenoxy) is 1. The Kier molecular flexibility index (Phi) is 2.76. The third-order valence-corrected chi connectivity index (χ3v) is 4.15. The molecule has 1 fully saturated rings. The zero-order valence-corrected chi connectivity index (χ0v) is 10.4. The van der Waals surface area contributed by atoms with Gasteiger partial charge in [-0.3, -0.25) is 0 Å². The number of benzene rings is 1. The minimum atomic E-state index is -0.500. The Bertz CT molecular complexity index is 498. The Morgan fingerprint density at radius 1 is 1.28 bits per heavy atom. The first kappa shape index (κ1) is 11.6. The first-order chi connectivity index (χ1) is 8.72. The van der Waals surface area contributed by atoms with Crippen LogP contribution in [0.15, 0.2) is 18.2 Å². The van der Waals surface area contributed by atoms with Crippen molar-refractivity contribution in [3.8, 4) is 11.8 Å². The van der Waals surface area contributed by atoms with Gasteiger partial charge in [0.2, 0.25) is 0 Å². The van der Waals surface area contributed by atoms with Crippen LogP contribution in [0.1, 0.15) is 55.8 Å². The predicted molar refractivity (Wildman–Crippen MR) is 67.2 cm³/mol. The average Bonchev–Trinajstić information content (AvgIpc) is 2.39. The summed E-state index contributed by atoms with van der Waals surface area (Å²) in [6.45, 7) is 0. The second-order valence-electron chi connectivity index (χ2n) is 5.43. The number of hydrogen-bond donors (Lipinski definition) is 1. The molecule has 1 atom stereocenters. The average molecular weight is 243 g/mol. The number of hydrogen-bond acceptors (Lipinski definition) is 3. The molecule has 3 heteroatoms. The van der Waals surface area contributed by atoms with Crippen molar-refractivity contribution in [1.29, 1.82) is 5.26 Å². The molecule has 1 aromatic rings. The van der Waals surface area contributed by atoms with E-state index in [2.05, 4.69) is 6.07 Å². The second-order valence-corrected chi connectivity index (χ2v) is 5.43. The maximum Gasteiger partial charge on any atom is 0.126 e. The minimum Gasteiger partial charge on any atom is -0.487 e. The first-order valence-corrected chi connectivity index (χ1v) is 6.64. The lowest BCUT2D eigenvalue weighted by atomic mass is 9.78. The second kappa shape index (κ2) is 4.29. The summed E-state index contributed by atoms with van der Waals surface area (Å²) in [7, 11) is 0. The predicted octanol–water partition coefficient (Wildman–Crippen LogP) is 3.08. The van der Waals surface area contributed by atoms with E-state index < -0.39 is 6.10 Å². The van der Waals surface area contributed by atoms with Gasteiger partial charge in [-0.25, -0.2) is 0 Å².